The van der Waals surface area contributed by atoms with Crippen molar-refractivity contribution < 1.29 is 38.3 Å². The molecule has 1 heterocycles. The summed E-state index contributed by atoms with van der Waals surface area (Å²) in [6.07, 6.45) is -3.50. The Morgan fingerprint density at radius 3 is 1.61 bits per heavy atom. The molecular weight excluding hydrogens is 566 g/mol. The third-order valence-corrected chi connectivity index (χ3v) is 6.91. The Labute approximate surface area is 258 Å². The molecule has 236 valence electrons. The lowest BCUT2D eigenvalue weighted by atomic mass is 9.98. The molecule has 1 saturated heterocycles. The van der Waals surface area contributed by atoms with Crippen molar-refractivity contribution in [2.45, 2.75) is 50.5 Å². The van der Waals surface area contributed by atoms with Crippen molar-refractivity contribution in [3.05, 3.63) is 118 Å². The number of aliphatic hydroxyl groups excluding tert-OH is 1. The molecule has 5 atom stereocenters. The maximum atomic E-state index is 10.4. The SMILES string of the molecule is [N-]=[N+]=NCCOCCOCCOC1O[C@H](CO)[C@@H](OCc2ccccc2)[C@H](OCc2ccccc2)[C@@H]1OCc1ccccc1. The van der Waals surface area contributed by atoms with Crippen LogP contribution >= 0.6 is 0 Å². The fraction of sp³-hybridized carbons (Fsp3) is 0.455. The second-order valence-corrected chi connectivity index (χ2v) is 10.1. The van der Waals surface area contributed by atoms with Gasteiger partial charge in [0.05, 0.1) is 59.5 Å². The van der Waals surface area contributed by atoms with Gasteiger partial charge in [0, 0.05) is 11.5 Å². The zero-order valence-electron chi connectivity index (χ0n) is 24.8. The smallest absolute Gasteiger partial charge is 0.187 e. The lowest BCUT2D eigenvalue weighted by molar-refractivity contribution is -0.327. The first-order chi connectivity index (χ1) is 21.8. The predicted octanol–water partition coefficient (Wildman–Crippen LogP) is 4.82. The van der Waals surface area contributed by atoms with Crippen LogP contribution in [0, 0.1) is 0 Å². The minimum Gasteiger partial charge on any atom is -0.394 e. The Morgan fingerprint density at radius 2 is 1.09 bits per heavy atom. The van der Waals surface area contributed by atoms with Gasteiger partial charge < -0.3 is 38.3 Å². The molecule has 0 aliphatic carbocycles. The normalized spacial score (nSPS) is 21.5. The molecule has 0 radical (unpaired) electrons. The number of ether oxygens (including phenoxy) is 7. The molecular formula is C33H41N3O8. The third-order valence-electron chi connectivity index (χ3n) is 6.91. The summed E-state index contributed by atoms with van der Waals surface area (Å²) < 4.78 is 42.8. The van der Waals surface area contributed by atoms with E-state index in [1.54, 1.807) is 0 Å². The van der Waals surface area contributed by atoms with Crippen molar-refractivity contribution in [2.75, 3.05) is 46.2 Å². The highest BCUT2D eigenvalue weighted by molar-refractivity contribution is 5.15. The van der Waals surface area contributed by atoms with Crippen molar-refractivity contribution in [1.29, 1.82) is 0 Å². The molecule has 11 heteroatoms. The molecule has 0 bridgehead atoms. The van der Waals surface area contributed by atoms with E-state index in [1.165, 1.54) is 0 Å². The van der Waals surface area contributed by atoms with Crippen LogP contribution in [0.15, 0.2) is 96.1 Å². The lowest BCUT2D eigenvalue weighted by Gasteiger charge is -2.45. The Balaban J connectivity index is 1.45. The molecule has 11 nitrogen and oxygen atoms in total. The summed E-state index contributed by atoms with van der Waals surface area (Å²) in [5.74, 6) is 0. The second kappa shape index (κ2) is 19.8. The third kappa shape index (κ3) is 11.3. The molecule has 0 saturated carbocycles. The average Bonchev–Trinajstić information content (AvgIpc) is 3.08. The zero-order chi connectivity index (χ0) is 30.7. The van der Waals surface area contributed by atoms with Gasteiger partial charge in [0.15, 0.2) is 6.29 Å². The van der Waals surface area contributed by atoms with Crippen molar-refractivity contribution in [3.8, 4) is 0 Å². The summed E-state index contributed by atoms with van der Waals surface area (Å²) in [6.45, 7) is 2.48. The Kier molecular flexibility index (Phi) is 15.1. The minimum absolute atomic E-state index is 0.216. The number of hydrogen-bond donors (Lipinski definition) is 1. The Bertz CT molecular complexity index is 1220. The van der Waals surface area contributed by atoms with Crippen molar-refractivity contribution in [2.24, 2.45) is 5.11 Å². The molecule has 4 rings (SSSR count). The summed E-state index contributed by atoms with van der Waals surface area (Å²) >= 11 is 0. The van der Waals surface area contributed by atoms with Crippen LogP contribution in [0.1, 0.15) is 16.7 Å². The van der Waals surface area contributed by atoms with Gasteiger partial charge in [0.1, 0.15) is 24.4 Å². The summed E-state index contributed by atoms with van der Waals surface area (Å²) in [5.41, 5.74) is 11.3. The maximum Gasteiger partial charge on any atom is 0.187 e. The van der Waals surface area contributed by atoms with Gasteiger partial charge >= 0.3 is 0 Å². The number of aliphatic hydroxyl groups is 1. The van der Waals surface area contributed by atoms with Crippen molar-refractivity contribution in [1.82, 2.24) is 0 Å². The molecule has 0 amide bonds. The summed E-state index contributed by atoms with van der Waals surface area (Å²) in [6, 6.07) is 29.5. The van der Waals surface area contributed by atoms with Gasteiger partial charge in [0.2, 0.25) is 0 Å². The van der Waals surface area contributed by atoms with Crippen LogP contribution in [0.3, 0.4) is 0 Å². The van der Waals surface area contributed by atoms with E-state index >= 15 is 0 Å². The average molecular weight is 608 g/mol. The highest BCUT2D eigenvalue weighted by Gasteiger charge is 2.48. The van der Waals surface area contributed by atoms with E-state index in [2.05, 4.69) is 10.0 Å². The largest absolute Gasteiger partial charge is 0.394 e. The Morgan fingerprint density at radius 1 is 0.614 bits per heavy atom. The first-order valence-electron chi connectivity index (χ1n) is 14.8. The van der Waals surface area contributed by atoms with Crippen LogP contribution in [0.4, 0.5) is 0 Å². The van der Waals surface area contributed by atoms with Gasteiger partial charge in [-0.1, -0.05) is 96.1 Å². The monoisotopic (exact) mass is 607 g/mol. The van der Waals surface area contributed by atoms with Crippen LogP contribution in [0.25, 0.3) is 10.4 Å². The quantitative estimate of drug-likeness (QED) is 0.0837. The zero-order valence-corrected chi connectivity index (χ0v) is 24.8. The van der Waals surface area contributed by atoms with E-state index in [1.807, 2.05) is 91.0 Å². The van der Waals surface area contributed by atoms with Crippen LogP contribution < -0.4 is 0 Å². The van der Waals surface area contributed by atoms with E-state index in [0.29, 0.717) is 39.6 Å². The summed E-state index contributed by atoms with van der Waals surface area (Å²) in [4.78, 5) is 2.69. The number of azide groups is 1. The fourth-order valence-corrected chi connectivity index (χ4v) is 4.72. The first kappa shape index (κ1) is 33.5. The summed E-state index contributed by atoms with van der Waals surface area (Å²) in [5, 5.41) is 13.8. The van der Waals surface area contributed by atoms with Gasteiger partial charge in [-0.25, -0.2) is 0 Å². The highest BCUT2D eigenvalue weighted by atomic mass is 16.7. The van der Waals surface area contributed by atoms with E-state index < -0.39 is 30.7 Å². The topological polar surface area (TPSA) is 134 Å². The van der Waals surface area contributed by atoms with Crippen LogP contribution in [0.5, 0.6) is 0 Å². The van der Waals surface area contributed by atoms with Crippen molar-refractivity contribution >= 4 is 0 Å². The number of rotatable bonds is 20. The first-order valence-corrected chi connectivity index (χ1v) is 14.8. The van der Waals surface area contributed by atoms with Gasteiger partial charge in [-0.2, -0.15) is 0 Å². The molecule has 1 N–H and O–H groups in total. The fourth-order valence-electron chi connectivity index (χ4n) is 4.72. The Hall–Kier alpha value is -3.35. The van der Waals surface area contributed by atoms with Gasteiger partial charge in [0.25, 0.3) is 0 Å². The molecule has 0 aromatic heterocycles. The van der Waals surface area contributed by atoms with E-state index in [4.69, 9.17) is 38.7 Å². The molecule has 1 aliphatic heterocycles. The van der Waals surface area contributed by atoms with Gasteiger partial charge in [-0.3, -0.25) is 0 Å². The molecule has 1 aliphatic rings. The van der Waals surface area contributed by atoms with E-state index in [-0.39, 0.29) is 26.4 Å². The standard InChI is InChI=1S/C33H41N3O8/c34-36-35-16-17-38-18-19-39-20-21-40-33-32(43-25-28-14-8-3-9-15-28)31(42-24-27-12-6-2-7-13-27)30(29(22-37)44-33)41-23-26-10-4-1-5-11-26/h1-15,29-33,37H,16-25H2/t29-,30-,31+,32+,33?/m1/s1. The number of hydrogen-bond acceptors (Lipinski definition) is 9. The summed E-state index contributed by atoms with van der Waals surface area (Å²) in [7, 11) is 0. The minimum atomic E-state index is -0.850. The molecule has 44 heavy (non-hydrogen) atoms. The molecule has 0 spiro atoms. The number of benzene rings is 3. The van der Waals surface area contributed by atoms with Gasteiger partial charge in [-0.05, 0) is 22.2 Å². The molecule has 1 fully saturated rings. The molecule has 1 unspecified atom stereocenters. The van der Waals surface area contributed by atoms with Crippen LogP contribution in [-0.4, -0.2) is 82.0 Å². The molecule has 3 aromatic carbocycles. The second-order valence-electron chi connectivity index (χ2n) is 10.1. The highest BCUT2D eigenvalue weighted by Crippen LogP contribution is 2.31. The lowest BCUT2D eigenvalue weighted by Crippen LogP contribution is -2.61. The van der Waals surface area contributed by atoms with E-state index in [9.17, 15) is 5.11 Å². The van der Waals surface area contributed by atoms with Crippen LogP contribution in [0.2, 0.25) is 0 Å². The van der Waals surface area contributed by atoms with Gasteiger partial charge in [-0.15, -0.1) is 0 Å². The molecule has 3 aromatic rings. The number of nitrogens with zero attached hydrogens (tertiary/aromatic N) is 3. The maximum absolute atomic E-state index is 10.4. The van der Waals surface area contributed by atoms with Crippen molar-refractivity contribution in [3.63, 3.8) is 0 Å². The predicted molar refractivity (Wildman–Crippen MR) is 162 cm³/mol. The van der Waals surface area contributed by atoms with Crippen LogP contribution in [-0.2, 0) is 53.0 Å². The van der Waals surface area contributed by atoms with E-state index in [0.717, 1.165) is 16.7 Å².